The number of hydrogen-bond donors (Lipinski definition) is 2. The molecular weight excluding hydrogens is 231 g/mol. The van der Waals surface area contributed by atoms with Crippen molar-refractivity contribution in [2.75, 3.05) is 25.1 Å². The molecule has 1 fully saturated rings. The van der Waals surface area contributed by atoms with Gasteiger partial charge in [-0.05, 0) is 43.5 Å². The molecule has 1 aliphatic carbocycles. The summed E-state index contributed by atoms with van der Waals surface area (Å²) in [6, 6.07) is 7.27. The topological polar surface area (TPSA) is 35.5 Å². The lowest BCUT2D eigenvalue weighted by atomic mass is 10.2. The quantitative estimate of drug-likeness (QED) is 0.776. The smallest absolute Gasteiger partial charge is 0.123 e. The van der Waals surface area contributed by atoms with Gasteiger partial charge in [0.25, 0.3) is 0 Å². The molecule has 1 atom stereocenters. The Labute approximate surface area is 108 Å². The molecule has 1 aliphatic rings. The van der Waals surface area contributed by atoms with E-state index in [9.17, 15) is 9.50 Å². The molecule has 0 aliphatic heterocycles. The third-order valence-corrected chi connectivity index (χ3v) is 3.35. The first-order valence-corrected chi connectivity index (χ1v) is 6.52. The standard InChI is InChI=1S/C14H21FN2O/c1-17(14-6-2-11(15)3-7-14)9-8-13(10-18)16-12-4-5-12/h2-3,6-7,12-13,16,18H,4-5,8-10H2,1H3. The zero-order valence-corrected chi connectivity index (χ0v) is 10.8. The normalized spacial score (nSPS) is 16.6. The van der Waals surface area contributed by atoms with E-state index < -0.39 is 0 Å². The minimum absolute atomic E-state index is 0.167. The third kappa shape index (κ3) is 3.96. The van der Waals surface area contributed by atoms with Gasteiger partial charge in [-0.1, -0.05) is 0 Å². The van der Waals surface area contributed by atoms with Crippen LogP contribution in [-0.4, -0.2) is 37.4 Å². The fourth-order valence-corrected chi connectivity index (χ4v) is 1.98. The van der Waals surface area contributed by atoms with Gasteiger partial charge < -0.3 is 15.3 Å². The van der Waals surface area contributed by atoms with E-state index in [1.165, 1.54) is 25.0 Å². The van der Waals surface area contributed by atoms with E-state index in [2.05, 4.69) is 10.2 Å². The lowest BCUT2D eigenvalue weighted by molar-refractivity contribution is 0.235. The molecule has 1 aromatic carbocycles. The largest absolute Gasteiger partial charge is 0.395 e. The minimum Gasteiger partial charge on any atom is -0.395 e. The number of aliphatic hydroxyl groups excluding tert-OH is 1. The number of halogens is 1. The molecular formula is C14H21FN2O. The summed E-state index contributed by atoms with van der Waals surface area (Å²) in [5.41, 5.74) is 1.000. The predicted octanol–water partition coefficient (Wildman–Crippen LogP) is 1.76. The van der Waals surface area contributed by atoms with Crippen molar-refractivity contribution in [1.82, 2.24) is 5.32 Å². The summed E-state index contributed by atoms with van der Waals surface area (Å²) >= 11 is 0. The SMILES string of the molecule is CN(CCC(CO)NC1CC1)c1ccc(F)cc1. The lowest BCUT2D eigenvalue weighted by Crippen LogP contribution is -2.37. The highest BCUT2D eigenvalue weighted by molar-refractivity contribution is 5.45. The van der Waals surface area contributed by atoms with Gasteiger partial charge in [-0.2, -0.15) is 0 Å². The Hall–Kier alpha value is -1.13. The Bertz CT molecular complexity index is 365. The van der Waals surface area contributed by atoms with Crippen molar-refractivity contribution >= 4 is 5.69 Å². The van der Waals surface area contributed by atoms with Gasteiger partial charge in [-0.25, -0.2) is 4.39 Å². The minimum atomic E-state index is -0.212. The van der Waals surface area contributed by atoms with E-state index in [4.69, 9.17) is 0 Å². The average molecular weight is 252 g/mol. The van der Waals surface area contributed by atoms with Crippen LogP contribution in [0.3, 0.4) is 0 Å². The Balaban J connectivity index is 1.78. The highest BCUT2D eigenvalue weighted by Gasteiger charge is 2.24. The van der Waals surface area contributed by atoms with Crippen LogP contribution in [0.4, 0.5) is 10.1 Å². The van der Waals surface area contributed by atoms with E-state index >= 15 is 0 Å². The molecule has 0 aromatic heterocycles. The van der Waals surface area contributed by atoms with Crippen molar-refractivity contribution in [1.29, 1.82) is 0 Å². The summed E-state index contributed by atoms with van der Waals surface area (Å²) < 4.78 is 12.8. The molecule has 1 saturated carbocycles. The molecule has 0 radical (unpaired) electrons. The second kappa shape index (κ2) is 6.16. The lowest BCUT2D eigenvalue weighted by Gasteiger charge is -2.23. The van der Waals surface area contributed by atoms with Crippen molar-refractivity contribution in [2.24, 2.45) is 0 Å². The molecule has 0 amide bonds. The number of aliphatic hydroxyl groups is 1. The average Bonchev–Trinajstić information content (AvgIpc) is 3.18. The van der Waals surface area contributed by atoms with Gasteiger partial charge in [0.1, 0.15) is 5.82 Å². The maximum Gasteiger partial charge on any atom is 0.123 e. The molecule has 1 unspecified atom stereocenters. The Kier molecular flexibility index (Phi) is 4.55. The molecule has 0 heterocycles. The van der Waals surface area contributed by atoms with Gasteiger partial charge in [0, 0.05) is 31.4 Å². The summed E-state index contributed by atoms with van der Waals surface area (Å²) in [4.78, 5) is 2.08. The van der Waals surface area contributed by atoms with Crippen LogP contribution in [0.1, 0.15) is 19.3 Å². The molecule has 0 bridgehead atoms. The van der Waals surface area contributed by atoms with Crippen LogP contribution in [0.25, 0.3) is 0 Å². The van der Waals surface area contributed by atoms with E-state index in [0.717, 1.165) is 18.7 Å². The van der Waals surface area contributed by atoms with E-state index in [-0.39, 0.29) is 18.5 Å². The number of rotatable bonds is 7. The first-order chi connectivity index (χ1) is 8.69. The highest BCUT2D eigenvalue weighted by Crippen LogP contribution is 2.20. The Morgan fingerprint density at radius 1 is 1.39 bits per heavy atom. The van der Waals surface area contributed by atoms with Crippen LogP contribution in [-0.2, 0) is 0 Å². The molecule has 2 rings (SSSR count). The number of nitrogens with one attached hydrogen (secondary N) is 1. The second-order valence-corrected chi connectivity index (χ2v) is 5.01. The van der Waals surface area contributed by atoms with E-state index in [1.807, 2.05) is 7.05 Å². The van der Waals surface area contributed by atoms with Crippen molar-refractivity contribution in [2.45, 2.75) is 31.3 Å². The maximum absolute atomic E-state index is 12.8. The van der Waals surface area contributed by atoms with Gasteiger partial charge in [-0.3, -0.25) is 0 Å². The van der Waals surface area contributed by atoms with E-state index in [1.54, 1.807) is 12.1 Å². The highest BCUT2D eigenvalue weighted by atomic mass is 19.1. The van der Waals surface area contributed by atoms with Crippen molar-refractivity contribution in [3.63, 3.8) is 0 Å². The number of hydrogen-bond acceptors (Lipinski definition) is 3. The monoisotopic (exact) mass is 252 g/mol. The van der Waals surface area contributed by atoms with Crippen molar-refractivity contribution in [3.8, 4) is 0 Å². The molecule has 18 heavy (non-hydrogen) atoms. The Morgan fingerprint density at radius 2 is 2.06 bits per heavy atom. The maximum atomic E-state index is 12.8. The zero-order chi connectivity index (χ0) is 13.0. The fourth-order valence-electron chi connectivity index (χ4n) is 1.98. The predicted molar refractivity (Wildman–Crippen MR) is 71.3 cm³/mol. The second-order valence-electron chi connectivity index (χ2n) is 5.01. The van der Waals surface area contributed by atoms with Crippen LogP contribution in [0.2, 0.25) is 0 Å². The third-order valence-electron chi connectivity index (χ3n) is 3.35. The Morgan fingerprint density at radius 3 is 2.61 bits per heavy atom. The molecule has 3 nitrogen and oxygen atoms in total. The molecule has 0 saturated heterocycles. The van der Waals surface area contributed by atoms with Crippen LogP contribution < -0.4 is 10.2 Å². The van der Waals surface area contributed by atoms with Crippen molar-refractivity contribution in [3.05, 3.63) is 30.1 Å². The summed E-state index contributed by atoms with van der Waals surface area (Å²) in [5.74, 6) is -0.212. The molecule has 0 spiro atoms. The van der Waals surface area contributed by atoms with Crippen LogP contribution in [0.5, 0.6) is 0 Å². The van der Waals surface area contributed by atoms with Gasteiger partial charge >= 0.3 is 0 Å². The van der Waals surface area contributed by atoms with Gasteiger partial charge in [0.2, 0.25) is 0 Å². The summed E-state index contributed by atoms with van der Waals surface area (Å²) in [6.45, 7) is 1.02. The summed E-state index contributed by atoms with van der Waals surface area (Å²) in [6.07, 6.45) is 3.34. The van der Waals surface area contributed by atoms with Crippen LogP contribution in [0, 0.1) is 5.82 Å². The zero-order valence-electron chi connectivity index (χ0n) is 10.8. The van der Waals surface area contributed by atoms with Gasteiger partial charge in [0.05, 0.1) is 6.61 Å². The molecule has 100 valence electrons. The first-order valence-electron chi connectivity index (χ1n) is 6.52. The van der Waals surface area contributed by atoms with Gasteiger partial charge in [0.15, 0.2) is 0 Å². The number of benzene rings is 1. The molecule has 1 aromatic rings. The van der Waals surface area contributed by atoms with E-state index in [0.29, 0.717) is 6.04 Å². The van der Waals surface area contributed by atoms with Crippen LogP contribution >= 0.6 is 0 Å². The van der Waals surface area contributed by atoms with Crippen LogP contribution in [0.15, 0.2) is 24.3 Å². The summed E-state index contributed by atoms with van der Waals surface area (Å²) in [5, 5.41) is 12.7. The fraction of sp³-hybridized carbons (Fsp3) is 0.571. The molecule has 4 heteroatoms. The number of anilines is 1. The van der Waals surface area contributed by atoms with Crippen molar-refractivity contribution < 1.29 is 9.50 Å². The van der Waals surface area contributed by atoms with Gasteiger partial charge in [-0.15, -0.1) is 0 Å². The number of nitrogens with zero attached hydrogens (tertiary/aromatic N) is 1. The first kappa shape index (κ1) is 13.3. The molecule has 2 N–H and O–H groups in total. The summed E-state index contributed by atoms with van der Waals surface area (Å²) in [7, 11) is 1.98.